The Hall–Kier alpha value is -1.63. The Labute approximate surface area is 131 Å². The first-order valence-corrected chi connectivity index (χ1v) is 7.74. The highest BCUT2D eigenvalue weighted by atomic mass is 16.6. The molecular weight excluding hydrogens is 284 g/mol. The molecule has 7 nitrogen and oxygen atoms in total. The van der Waals surface area contributed by atoms with Crippen molar-refractivity contribution < 1.29 is 14.1 Å². The van der Waals surface area contributed by atoms with E-state index >= 15 is 0 Å². The molecule has 22 heavy (non-hydrogen) atoms. The first-order valence-electron chi connectivity index (χ1n) is 7.74. The topological polar surface area (TPSA) is 94.5 Å². The van der Waals surface area contributed by atoms with E-state index in [4.69, 9.17) is 15.0 Å². The summed E-state index contributed by atoms with van der Waals surface area (Å²) in [6.07, 6.45) is 0.358. The summed E-state index contributed by atoms with van der Waals surface area (Å²) in [5, 5.41) is 3.98. The van der Waals surface area contributed by atoms with E-state index in [1.54, 1.807) is 4.90 Å². The summed E-state index contributed by atoms with van der Waals surface area (Å²) < 4.78 is 10.8. The highest BCUT2D eigenvalue weighted by Gasteiger charge is 2.35. The minimum Gasteiger partial charge on any atom is -0.444 e. The average molecular weight is 310 g/mol. The summed E-state index contributed by atoms with van der Waals surface area (Å²) in [5.74, 6) is 1.21. The summed E-state index contributed by atoms with van der Waals surface area (Å²) in [6, 6.07) is -0.0980. The number of amides is 1. The summed E-state index contributed by atoms with van der Waals surface area (Å²) >= 11 is 0. The van der Waals surface area contributed by atoms with E-state index in [0.717, 1.165) is 0 Å². The molecule has 0 unspecified atom stereocenters. The molecule has 0 spiro atoms. The van der Waals surface area contributed by atoms with E-state index in [2.05, 4.69) is 10.1 Å². The number of piperidine rings is 1. The van der Waals surface area contributed by atoms with Crippen LogP contribution in [0, 0.1) is 0 Å². The van der Waals surface area contributed by atoms with Crippen LogP contribution in [0.1, 0.15) is 64.6 Å². The quantitative estimate of drug-likeness (QED) is 0.900. The Morgan fingerprint density at radius 3 is 2.68 bits per heavy atom. The Morgan fingerprint density at radius 2 is 2.14 bits per heavy atom. The number of hydrogen-bond donors (Lipinski definition) is 1. The van der Waals surface area contributed by atoms with E-state index in [-0.39, 0.29) is 24.0 Å². The van der Waals surface area contributed by atoms with Gasteiger partial charge in [-0.05, 0) is 27.2 Å². The zero-order valence-corrected chi connectivity index (χ0v) is 14.0. The molecule has 2 heterocycles. The van der Waals surface area contributed by atoms with Gasteiger partial charge in [0.2, 0.25) is 5.89 Å². The number of aromatic nitrogens is 2. The van der Waals surface area contributed by atoms with Gasteiger partial charge in [-0.3, -0.25) is 0 Å². The van der Waals surface area contributed by atoms with Crippen LogP contribution in [0.25, 0.3) is 0 Å². The highest BCUT2D eigenvalue weighted by molar-refractivity contribution is 5.68. The van der Waals surface area contributed by atoms with Crippen LogP contribution >= 0.6 is 0 Å². The zero-order chi connectivity index (χ0) is 16.5. The van der Waals surface area contributed by atoms with Gasteiger partial charge in [-0.2, -0.15) is 4.98 Å². The molecule has 1 aliphatic heterocycles. The van der Waals surface area contributed by atoms with Gasteiger partial charge < -0.3 is 19.9 Å². The van der Waals surface area contributed by atoms with E-state index in [1.807, 2.05) is 34.6 Å². The number of carbonyl (C=O) groups is 1. The molecule has 0 aliphatic carbocycles. The van der Waals surface area contributed by atoms with Crippen LogP contribution < -0.4 is 5.73 Å². The van der Waals surface area contributed by atoms with Crippen molar-refractivity contribution in [3.05, 3.63) is 11.7 Å². The molecule has 0 bridgehead atoms. The number of nitrogens with zero attached hydrogens (tertiary/aromatic N) is 3. The van der Waals surface area contributed by atoms with E-state index in [0.29, 0.717) is 31.2 Å². The van der Waals surface area contributed by atoms with Crippen LogP contribution in [0.2, 0.25) is 0 Å². The molecule has 0 aromatic carbocycles. The molecule has 124 valence electrons. The number of hydrogen-bond acceptors (Lipinski definition) is 6. The molecule has 1 aliphatic rings. The lowest BCUT2D eigenvalue weighted by Crippen LogP contribution is -2.49. The third-order valence-electron chi connectivity index (χ3n) is 3.61. The van der Waals surface area contributed by atoms with Crippen molar-refractivity contribution in [3.63, 3.8) is 0 Å². The first-order chi connectivity index (χ1) is 10.2. The van der Waals surface area contributed by atoms with Gasteiger partial charge in [-0.1, -0.05) is 19.0 Å². The van der Waals surface area contributed by atoms with Crippen molar-refractivity contribution in [2.24, 2.45) is 5.73 Å². The molecule has 2 rings (SSSR count). The van der Waals surface area contributed by atoms with Gasteiger partial charge in [0.15, 0.2) is 5.82 Å². The van der Waals surface area contributed by atoms with E-state index in [9.17, 15) is 4.79 Å². The molecule has 2 atom stereocenters. The molecule has 1 fully saturated rings. The van der Waals surface area contributed by atoms with Gasteiger partial charge in [0.05, 0.1) is 5.92 Å². The molecular formula is C15H26N4O3. The van der Waals surface area contributed by atoms with Crippen LogP contribution in [0.5, 0.6) is 0 Å². The largest absolute Gasteiger partial charge is 0.444 e. The maximum Gasteiger partial charge on any atom is 0.410 e. The summed E-state index contributed by atoms with van der Waals surface area (Å²) in [7, 11) is 0. The fourth-order valence-electron chi connectivity index (χ4n) is 2.36. The molecule has 1 saturated heterocycles. The SMILES string of the molecule is CC(C)c1noc([C@H]2CN(C(=O)OC(C)(C)C)CC[C@H]2N)n1. The maximum absolute atomic E-state index is 12.2. The monoisotopic (exact) mass is 310 g/mol. The third kappa shape index (κ3) is 3.97. The predicted molar refractivity (Wildman–Crippen MR) is 81.5 cm³/mol. The van der Waals surface area contributed by atoms with Crippen molar-refractivity contribution in [2.75, 3.05) is 13.1 Å². The number of nitrogens with two attached hydrogens (primary N) is 1. The van der Waals surface area contributed by atoms with Gasteiger partial charge >= 0.3 is 6.09 Å². The second kappa shape index (κ2) is 6.24. The van der Waals surface area contributed by atoms with Crippen LogP contribution in [0.3, 0.4) is 0 Å². The molecule has 1 aromatic rings. The summed E-state index contributed by atoms with van der Waals surface area (Å²) in [4.78, 5) is 18.3. The second-order valence-corrected chi connectivity index (χ2v) is 7.13. The van der Waals surface area contributed by atoms with Gasteiger partial charge in [0.1, 0.15) is 5.60 Å². The Balaban J connectivity index is 2.09. The summed E-state index contributed by atoms with van der Waals surface area (Å²) in [5.41, 5.74) is 5.67. The van der Waals surface area contributed by atoms with Crippen LogP contribution in [0.15, 0.2) is 4.52 Å². The van der Waals surface area contributed by atoms with Crippen molar-refractivity contribution in [2.45, 2.75) is 64.5 Å². The van der Waals surface area contributed by atoms with Crippen LogP contribution in [0.4, 0.5) is 4.79 Å². The molecule has 0 saturated carbocycles. The Kier molecular flexibility index (Phi) is 4.75. The lowest BCUT2D eigenvalue weighted by Gasteiger charge is -2.35. The van der Waals surface area contributed by atoms with Gasteiger partial charge in [0, 0.05) is 25.0 Å². The molecule has 0 radical (unpaired) electrons. The fraction of sp³-hybridized carbons (Fsp3) is 0.800. The van der Waals surface area contributed by atoms with Gasteiger partial charge in [-0.25, -0.2) is 4.79 Å². The Bertz CT molecular complexity index is 521. The lowest BCUT2D eigenvalue weighted by molar-refractivity contribution is 0.0175. The minimum absolute atomic E-state index is 0.0980. The van der Waals surface area contributed by atoms with Crippen molar-refractivity contribution in [1.82, 2.24) is 15.0 Å². The standard InChI is InChI=1S/C15H26N4O3/c1-9(2)12-17-13(22-18-12)10-8-19(7-6-11(10)16)14(20)21-15(3,4)5/h9-11H,6-8,16H2,1-5H3/t10-,11+/m0/s1. The Morgan fingerprint density at radius 1 is 1.45 bits per heavy atom. The van der Waals surface area contributed by atoms with E-state index < -0.39 is 5.60 Å². The number of ether oxygens (including phenoxy) is 1. The third-order valence-corrected chi connectivity index (χ3v) is 3.61. The van der Waals surface area contributed by atoms with Crippen molar-refractivity contribution in [3.8, 4) is 0 Å². The maximum atomic E-state index is 12.2. The first kappa shape index (κ1) is 16.7. The number of rotatable bonds is 2. The lowest BCUT2D eigenvalue weighted by atomic mass is 9.93. The zero-order valence-electron chi connectivity index (χ0n) is 14.0. The van der Waals surface area contributed by atoms with Crippen molar-refractivity contribution in [1.29, 1.82) is 0 Å². The average Bonchev–Trinajstić information content (AvgIpc) is 2.86. The normalized spacial score (nSPS) is 23.0. The molecule has 1 aromatic heterocycles. The fourth-order valence-corrected chi connectivity index (χ4v) is 2.36. The van der Waals surface area contributed by atoms with Gasteiger partial charge in [0.25, 0.3) is 0 Å². The van der Waals surface area contributed by atoms with Crippen LogP contribution in [-0.4, -0.2) is 45.9 Å². The number of carbonyl (C=O) groups excluding carboxylic acids is 1. The predicted octanol–water partition coefficient (Wildman–Crippen LogP) is 2.24. The molecule has 7 heteroatoms. The highest BCUT2D eigenvalue weighted by Crippen LogP contribution is 2.27. The minimum atomic E-state index is -0.512. The molecule has 2 N–H and O–H groups in total. The molecule has 1 amide bonds. The smallest absolute Gasteiger partial charge is 0.410 e. The summed E-state index contributed by atoms with van der Waals surface area (Å²) in [6.45, 7) is 10.6. The van der Waals surface area contributed by atoms with Gasteiger partial charge in [-0.15, -0.1) is 0 Å². The number of likely N-dealkylation sites (tertiary alicyclic amines) is 1. The van der Waals surface area contributed by atoms with E-state index in [1.165, 1.54) is 0 Å². The second-order valence-electron chi connectivity index (χ2n) is 7.13. The van der Waals surface area contributed by atoms with Crippen molar-refractivity contribution >= 4 is 6.09 Å². The van der Waals surface area contributed by atoms with Crippen LogP contribution in [-0.2, 0) is 4.74 Å².